The van der Waals surface area contributed by atoms with Crippen LogP contribution in [0.1, 0.15) is 22.8 Å². The second kappa shape index (κ2) is 6.44. The van der Waals surface area contributed by atoms with Crippen LogP contribution in [0.5, 0.6) is 11.5 Å². The summed E-state index contributed by atoms with van der Waals surface area (Å²) >= 11 is 0. The van der Waals surface area contributed by atoms with Gasteiger partial charge in [0.1, 0.15) is 17.6 Å². The Bertz CT molecular complexity index is 564. The van der Waals surface area contributed by atoms with E-state index < -0.39 is 0 Å². The standard InChI is InChI=1S/C17H21NO2/c1-12-4-5-13(2)16(10-12)20-17(11-18)14-6-8-15(19-3)9-7-14/h4-10,17H,11,18H2,1-3H3. The van der Waals surface area contributed by atoms with Gasteiger partial charge in [0.25, 0.3) is 0 Å². The molecule has 1 unspecified atom stereocenters. The maximum Gasteiger partial charge on any atom is 0.136 e. The number of hydrogen-bond donors (Lipinski definition) is 1. The van der Waals surface area contributed by atoms with Gasteiger partial charge in [-0.3, -0.25) is 0 Å². The van der Waals surface area contributed by atoms with Gasteiger partial charge in [-0.15, -0.1) is 0 Å². The highest BCUT2D eigenvalue weighted by molar-refractivity contribution is 5.37. The zero-order valence-electron chi connectivity index (χ0n) is 12.2. The summed E-state index contributed by atoms with van der Waals surface area (Å²) in [6.07, 6.45) is -0.151. The highest BCUT2D eigenvalue weighted by Crippen LogP contribution is 2.26. The largest absolute Gasteiger partial charge is 0.497 e. The van der Waals surface area contributed by atoms with E-state index in [4.69, 9.17) is 15.2 Å². The smallest absolute Gasteiger partial charge is 0.136 e. The first-order valence-corrected chi connectivity index (χ1v) is 6.72. The minimum absolute atomic E-state index is 0.151. The number of benzene rings is 2. The maximum atomic E-state index is 6.07. The quantitative estimate of drug-likeness (QED) is 0.906. The summed E-state index contributed by atoms with van der Waals surface area (Å²) in [7, 11) is 1.65. The molecular formula is C17H21NO2. The number of hydrogen-bond acceptors (Lipinski definition) is 3. The van der Waals surface area contributed by atoms with Crippen LogP contribution in [-0.2, 0) is 0 Å². The third kappa shape index (κ3) is 3.31. The molecule has 1 atom stereocenters. The molecule has 0 spiro atoms. The third-order valence-electron chi connectivity index (χ3n) is 3.31. The van der Waals surface area contributed by atoms with Gasteiger partial charge in [-0.05, 0) is 48.7 Å². The van der Waals surface area contributed by atoms with Crippen molar-refractivity contribution in [3.05, 3.63) is 59.2 Å². The van der Waals surface area contributed by atoms with Gasteiger partial charge in [-0.2, -0.15) is 0 Å². The number of aryl methyl sites for hydroxylation is 2. The molecule has 0 saturated heterocycles. The van der Waals surface area contributed by atoms with E-state index in [0.717, 1.165) is 22.6 Å². The van der Waals surface area contributed by atoms with E-state index in [-0.39, 0.29) is 6.10 Å². The third-order valence-corrected chi connectivity index (χ3v) is 3.31. The zero-order valence-corrected chi connectivity index (χ0v) is 12.2. The Morgan fingerprint density at radius 1 is 1.05 bits per heavy atom. The molecule has 3 nitrogen and oxygen atoms in total. The molecule has 0 heterocycles. The molecular weight excluding hydrogens is 250 g/mol. The molecule has 0 fully saturated rings. The lowest BCUT2D eigenvalue weighted by atomic mass is 10.1. The number of methoxy groups -OCH3 is 1. The van der Waals surface area contributed by atoms with Crippen molar-refractivity contribution in [2.75, 3.05) is 13.7 Å². The molecule has 0 amide bonds. The summed E-state index contributed by atoms with van der Waals surface area (Å²) in [5.74, 6) is 1.72. The first-order valence-electron chi connectivity index (χ1n) is 6.72. The number of nitrogens with two attached hydrogens (primary N) is 1. The Labute approximate surface area is 120 Å². The molecule has 2 aromatic rings. The molecule has 0 saturated carbocycles. The predicted molar refractivity (Wildman–Crippen MR) is 81.3 cm³/mol. The molecule has 0 aliphatic rings. The summed E-state index contributed by atoms with van der Waals surface area (Å²) in [5.41, 5.74) is 9.20. The second-order valence-corrected chi connectivity index (χ2v) is 4.88. The van der Waals surface area contributed by atoms with Crippen molar-refractivity contribution in [1.29, 1.82) is 0 Å². The fourth-order valence-corrected chi connectivity index (χ4v) is 2.06. The fourth-order valence-electron chi connectivity index (χ4n) is 2.06. The van der Waals surface area contributed by atoms with Crippen molar-refractivity contribution in [1.82, 2.24) is 0 Å². The molecule has 2 rings (SSSR count). The zero-order chi connectivity index (χ0) is 14.5. The maximum absolute atomic E-state index is 6.07. The summed E-state index contributed by atoms with van der Waals surface area (Å²) in [5, 5.41) is 0. The Hall–Kier alpha value is -2.00. The molecule has 106 valence electrons. The molecule has 0 radical (unpaired) electrons. The Balaban J connectivity index is 2.21. The highest BCUT2D eigenvalue weighted by Gasteiger charge is 2.13. The molecule has 0 aliphatic carbocycles. The van der Waals surface area contributed by atoms with Crippen LogP contribution in [0.4, 0.5) is 0 Å². The first-order chi connectivity index (χ1) is 9.63. The van der Waals surface area contributed by atoms with Gasteiger partial charge < -0.3 is 15.2 Å². The Kier molecular flexibility index (Phi) is 4.64. The fraction of sp³-hybridized carbons (Fsp3) is 0.294. The van der Waals surface area contributed by atoms with E-state index in [0.29, 0.717) is 6.54 Å². The lowest BCUT2D eigenvalue weighted by molar-refractivity contribution is 0.212. The van der Waals surface area contributed by atoms with Crippen LogP contribution in [0.15, 0.2) is 42.5 Å². The number of ether oxygens (including phenoxy) is 2. The van der Waals surface area contributed by atoms with Gasteiger partial charge >= 0.3 is 0 Å². The normalized spacial score (nSPS) is 12.0. The van der Waals surface area contributed by atoms with E-state index in [1.807, 2.05) is 37.3 Å². The van der Waals surface area contributed by atoms with E-state index in [9.17, 15) is 0 Å². The summed E-state index contributed by atoms with van der Waals surface area (Å²) in [4.78, 5) is 0. The summed E-state index contributed by atoms with van der Waals surface area (Å²) in [6.45, 7) is 4.52. The van der Waals surface area contributed by atoms with E-state index in [2.05, 4.69) is 19.1 Å². The van der Waals surface area contributed by atoms with Gasteiger partial charge in [-0.25, -0.2) is 0 Å². The molecule has 20 heavy (non-hydrogen) atoms. The average Bonchev–Trinajstić information content (AvgIpc) is 2.48. The van der Waals surface area contributed by atoms with Crippen LogP contribution in [0.3, 0.4) is 0 Å². The average molecular weight is 271 g/mol. The molecule has 2 N–H and O–H groups in total. The van der Waals surface area contributed by atoms with Crippen LogP contribution in [0.2, 0.25) is 0 Å². The summed E-state index contributed by atoms with van der Waals surface area (Å²) in [6, 6.07) is 14.0. The van der Waals surface area contributed by atoms with Crippen molar-refractivity contribution < 1.29 is 9.47 Å². The van der Waals surface area contributed by atoms with Crippen LogP contribution >= 0.6 is 0 Å². The van der Waals surface area contributed by atoms with Crippen molar-refractivity contribution >= 4 is 0 Å². The van der Waals surface area contributed by atoms with Crippen molar-refractivity contribution in [2.45, 2.75) is 20.0 Å². The predicted octanol–water partition coefficient (Wildman–Crippen LogP) is 3.39. The van der Waals surface area contributed by atoms with Crippen LogP contribution in [0.25, 0.3) is 0 Å². The van der Waals surface area contributed by atoms with Crippen LogP contribution in [0, 0.1) is 13.8 Å². The van der Waals surface area contributed by atoms with Gasteiger partial charge in [0.2, 0.25) is 0 Å². The van der Waals surface area contributed by atoms with E-state index in [1.165, 1.54) is 5.56 Å². The summed E-state index contributed by atoms with van der Waals surface area (Å²) < 4.78 is 11.2. The van der Waals surface area contributed by atoms with Gasteiger partial charge in [0.05, 0.1) is 7.11 Å². The van der Waals surface area contributed by atoms with Crippen molar-refractivity contribution in [2.24, 2.45) is 5.73 Å². The molecule has 3 heteroatoms. The minimum atomic E-state index is -0.151. The van der Waals surface area contributed by atoms with Gasteiger partial charge in [0, 0.05) is 6.54 Å². The van der Waals surface area contributed by atoms with Gasteiger partial charge in [0.15, 0.2) is 0 Å². The van der Waals surface area contributed by atoms with E-state index >= 15 is 0 Å². The van der Waals surface area contributed by atoms with Crippen LogP contribution in [-0.4, -0.2) is 13.7 Å². The lowest BCUT2D eigenvalue weighted by Crippen LogP contribution is -2.18. The number of rotatable bonds is 5. The minimum Gasteiger partial charge on any atom is -0.497 e. The first kappa shape index (κ1) is 14.4. The van der Waals surface area contributed by atoms with Crippen molar-refractivity contribution in [3.63, 3.8) is 0 Å². The Morgan fingerprint density at radius 2 is 1.75 bits per heavy atom. The lowest BCUT2D eigenvalue weighted by Gasteiger charge is -2.20. The Morgan fingerprint density at radius 3 is 2.35 bits per heavy atom. The SMILES string of the molecule is COc1ccc(C(CN)Oc2cc(C)ccc2C)cc1. The monoisotopic (exact) mass is 271 g/mol. The van der Waals surface area contributed by atoms with Crippen LogP contribution < -0.4 is 15.2 Å². The topological polar surface area (TPSA) is 44.5 Å². The molecule has 0 bridgehead atoms. The molecule has 0 aliphatic heterocycles. The van der Waals surface area contributed by atoms with Crippen molar-refractivity contribution in [3.8, 4) is 11.5 Å². The molecule has 2 aromatic carbocycles. The van der Waals surface area contributed by atoms with Gasteiger partial charge in [-0.1, -0.05) is 24.3 Å². The van der Waals surface area contributed by atoms with E-state index in [1.54, 1.807) is 7.11 Å². The second-order valence-electron chi connectivity index (χ2n) is 4.88. The molecule has 0 aromatic heterocycles. The highest BCUT2D eigenvalue weighted by atomic mass is 16.5.